The van der Waals surface area contributed by atoms with E-state index in [1.54, 1.807) is 25.3 Å². The Balaban J connectivity index is 1.69. The summed E-state index contributed by atoms with van der Waals surface area (Å²) in [6.07, 6.45) is 4.67. The predicted octanol–water partition coefficient (Wildman–Crippen LogP) is 4.67. The molecule has 4 rings (SSSR count). The van der Waals surface area contributed by atoms with E-state index in [-0.39, 0.29) is 23.1 Å². The molecule has 1 saturated heterocycles. The van der Waals surface area contributed by atoms with Gasteiger partial charge in [0.25, 0.3) is 0 Å². The van der Waals surface area contributed by atoms with Crippen LogP contribution in [0.2, 0.25) is 0 Å². The normalized spacial score (nSPS) is 14.5. The van der Waals surface area contributed by atoms with E-state index < -0.39 is 12.1 Å². The number of phenols is 1. The lowest BCUT2D eigenvalue weighted by atomic mass is 9.96. The number of unbranched alkanes of at least 4 members (excludes halogenated alkanes) is 3. The van der Waals surface area contributed by atoms with Gasteiger partial charge >= 0.3 is 0 Å². The molecule has 10 heteroatoms. The third kappa shape index (κ3) is 7.44. The van der Waals surface area contributed by atoms with Gasteiger partial charge in [0.1, 0.15) is 23.5 Å². The van der Waals surface area contributed by atoms with Crippen LogP contribution in [0, 0.1) is 17.1 Å². The number of ether oxygens (including phenoxy) is 2. The fraction of sp³-hybridized carbons (Fsp3) is 0.419. The number of nitriles is 1. The summed E-state index contributed by atoms with van der Waals surface area (Å²) < 4.78 is 26.1. The van der Waals surface area contributed by atoms with Gasteiger partial charge in [0, 0.05) is 37.2 Å². The smallest absolute Gasteiger partial charge is 0.197 e. The van der Waals surface area contributed by atoms with Gasteiger partial charge in [-0.1, -0.05) is 25.0 Å². The minimum atomic E-state index is -1.06. The Morgan fingerprint density at radius 3 is 2.46 bits per heavy atom. The number of aliphatic hydroxyl groups excluding tert-OH is 1. The Kier molecular flexibility index (Phi) is 10.4. The molecule has 218 valence electrons. The number of phenolic OH excluding ortho intramolecular Hbond substituents is 1. The van der Waals surface area contributed by atoms with Gasteiger partial charge in [-0.05, 0) is 62.1 Å². The van der Waals surface area contributed by atoms with Crippen molar-refractivity contribution >= 4 is 5.82 Å². The van der Waals surface area contributed by atoms with Crippen molar-refractivity contribution in [1.82, 2.24) is 4.98 Å². The second-order valence-corrected chi connectivity index (χ2v) is 10.3. The number of anilines is 1. The van der Waals surface area contributed by atoms with Crippen molar-refractivity contribution in [2.24, 2.45) is 11.5 Å². The number of hydrogen-bond acceptors (Lipinski definition) is 9. The molecule has 1 aliphatic rings. The molecule has 6 N–H and O–H groups in total. The number of aromatic hydroxyl groups is 1. The average Bonchev–Trinajstić information content (AvgIpc) is 2.97. The highest BCUT2D eigenvalue weighted by Gasteiger charge is 2.24. The van der Waals surface area contributed by atoms with Gasteiger partial charge in [0.15, 0.2) is 17.8 Å². The van der Waals surface area contributed by atoms with Crippen molar-refractivity contribution in [2.45, 2.75) is 57.3 Å². The van der Waals surface area contributed by atoms with Gasteiger partial charge in [-0.3, -0.25) is 0 Å². The number of aromatic nitrogens is 1. The molecule has 0 aliphatic carbocycles. The molecule has 3 aromatic rings. The molecule has 1 aliphatic heterocycles. The van der Waals surface area contributed by atoms with Crippen LogP contribution in [0.1, 0.15) is 50.5 Å². The molecule has 1 atom stereocenters. The van der Waals surface area contributed by atoms with Crippen molar-refractivity contribution in [3.8, 4) is 45.7 Å². The van der Waals surface area contributed by atoms with Crippen LogP contribution in [-0.2, 0) is 0 Å². The first-order valence-corrected chi connectivity index (χ1v) is 14.0. The first kappa shape index (κ1) is 30.1. The van der Waals surface area contributed by atoms with Crippen LogP contribution in [0.4, 0.5) is 10.2 Å². The van der Waals surface area contributed by atoms with E-state index in [0.29, 0.717) is 46.9 Å². The van der Waals surface area contributed by atoms with Crippen LogP contribution in [0.15, 0.2) is 42.5 Å². The second-order valence-electron chi connectivity index (χ2n) is 10.3. The van der Waals surface area contributed by atoms with Crippen LogP contribution in [0.5, 0.6) is 17.2 Å². The molecule has 1 unspecified atom stereocenters. The Labute approximate surface area is 240 Å². The van der Waals surface area contributed by atoms with Crippen LogP contribution < -0.4 is 25.8 Å². The van der Waals surface area contributed by atoms with Gasteiger partial charge in [0.2, 0.25) is 0 Å². The molecule has 0 bridgehead atoms. The third-order valence-corrected chi connectivity index (χ3v) is 7.33. The number of piperidine rings is 1. The summed E-state index contributed by atoms with van der Waals surface area (Å²) in [6, 6.07) is 13.0. The van der Waals surface area contributed by atoms with Gasteiger partial charge in [0.05, 0.1) is 23.9 Å². The van der Waals surface area contributed by atoms with E-state index in [9.17, 15) is 19.9 Å². The van der Waals surface area contributed by atoms with Gasteiger partial charge < -0.3 is 36.1 Å². The van der Waals surface area contributed by atoms with Crippen molar-refractivity contribution in [3.63, 3.8) is 0 Å². The molecular weight excluding hydrogens is 525 g/mol. The molecule has 0 radical (unpaired) electrons. The number of nitrogens with two attached hydrogens (primary N) is 2. The Hall–Kier alpha value is -3.91. The highest BCUT2D eigenvalue weighted by molar-refractivity contribution is 5.87. The SMILES string of the molecule is COc1cc(N2CCC(N)CC2)nc(-c2ccc(C#N)c(F)c2)c1-c1ccc(OC(O)CCCCCCN)c(O)c1. The minimum absolute atomic E-state index is 0.0690. The molecular formula is C31H38FN5O4. The maximum atomic E-state index is 14.7. The molecule has 2 heterocycles. The zero-order valence-corrected chi connectivity index (χ0v) is 23.4. The van der Waals surface area contributed by atoms with Gasteiger partial charge in [-0.15, -0.1) is 0 Å². The summed E-state index contributed by atoms with van der Waals surface area (Å²) in [6.45, 7) is 2.09. The quantitative estimate of drug-likeness (QED) is 0.182. The molecule has 0 saturated carbocycles. The first-order chi connectivity index (χ1) is 19.8. The summed E-state index contributed by atoms with van der Waals surface area (Å²) in [5.41, 5.74) is 13.5. The summed E-state index contributed by atoms with van der Waals surface area (Å²) in [4.78, 5) is 7.04. The number of hydrogen-bond donors (Lipinski definition) is 4. The topological polar surface area (TPSA) is 151 Å². The number of aliphatic hydroxyl groups is 1. The second kappa shape index (κ2) is 14.1. The van der Waals surface area contributed by atoms with Gasteiger partial charge in [-0.2, -0.15) is 5.26 Å². The standard InChI is InChI=1S/C31H38FN5O4/c1-40-27-18-28(37-14-11-23(35)12-15-37)36-31(21-7-8-22(19-34)24(32)16-21)30(27)20-9-10-26(25(38)17-20)41-29(39)6-4-2-3-5-13-33/h7-10,16-18,23,29,38-39H,2-6,11-15,33,35H2,1H3. The van der Waals surface area contributed by atoms with Crippen molar-refractivity contribution in [2.75, 3.05) is 31.6 Å². The fourth-order valence-electron chi connectivity index (χ4n) is 5.00. The summed E-state index contributed by atoms with van der Waals surface area (Å²) in [7, 11) is 1.54. The van der Waals surface area contributed by atoms with E-state index in [2.05, 4.69) is 4.90 Å². The molecule has 1 fully saturated rings. The lowest BCUT2D eigenvalue weighted by Crippen LogP contribution is -2.40. The lowest BCUT2D eigenvalue weighted by molar-refractivity contribution is -0.0261. The highest BCUT2D eigenvalue weighted by Crippen LogP contribution is 2.43. The lowest BCUT2D eigenvalue weighted by Gasteiger charge is -2.32. The zero-order valence-electron chi connectivity index (χ0n) is 23.4. The molecule has 2 aromatic carbocycles. The van der Waals surface area contributed by atoms with Crippen LogP contribution in [0.25, 0.3) is 22.4 Å². The minimum Gasteiger partial charge on any atom is -0.504 e. The number of rotatable bonds is 12. The summed E-state index contributed by atoms with van der Waals surface area (Å²) in [5.74, 6) is 0.459. The Bertz CT molecular complexity index is 1370. The summed E-state index contributed by atoms with van der Waals surface area (Å²) in [5, 5.41) is 30.4. The maximum Gasteiger partial charge on any atom is 0.197 e. The molecule has 41 heavy (non-hydrogen) atoms. The van der Waals surface area contributed by atoms with E-state index in [1.807, 2.05) is 12.1 Å². The van der Waals surface area contributed by atoms with E-state index in [1.165, 1.54) is 18.2 Å². The van der Waals surface area contributed by atoms with Crippen molar-refractivity contribution in [1.29, 1.82) is 5.26 Å². The van der Waals surface area contributed by atoms with Crippen LogP contribution in [-0.4, -0.2) is 54.3 Å². The van der Waals surface area contributed by atoms with Gasteiger partial charge in [-0.25, -0.2) is 9.37 Å². The van der Waals surface area contributed by atoms with Crippen molar-refractivity contribution in [3.05, 3.63) is 53.8 Å². The summed E-state index contributed by atoms with van der Waals surface area (Å²) >= 11 is 0. The first-order valence-electron chi connectivity index (χ1n) is 14.0. The molecule has 0 spiro atoms. The Morgan fingerprint density at radius 1 is 1.07 bits per heavy atom. The average molecular weight is 564 g/mol. The van der Waals surface area contributed by atoms with E-state index >= 15 is 0 Å². The Morgan fingerprint density at radius 2 is 1.80 bits per heavy atom. The maximum absolute atomic E-state index is 14.7. The zero-order chi connectivity index (χ0) is 29.4. The van der Waals surface area contributed by atoms with Crippen molar-refractivity contribution < 1.29 is 24.1 Å². The molecule has 9 nitrogen and oxygen atoms in total. The van der Waals surface area contributed by atoms with Crippen LogP contribution >= 0.6 is 0 Å². The number of pyridine rings is 1. The van der Waals surface area contributed by atoms with E-state index in [4.69, 9.17) is 25.9 Å². The largest absolute Gasteiger partial charge is 0.504 e. The number of nitrogens with zero attached hydrogens (tertiary/aromatic N) is 3. The molecule has 1 aromatic heterocycles. The monoisotopic (exact) mass is 563 g/mol. The molecule has 0 amide bonds. The third-order valence-electron chi connectivity index (χ3n) is 7.33. The van der Waals surface area contributed by atoms with E-state index in [0.717, 1.165) is 51.6 Å². The highest BCUT2D eigenvalue weighted by atomic mass is 19.1. The number of halogens is 1. The number of benzene rings is 2. The number of methoxy groups -OCH3 is 1. The van der Waals surface area contributed by atoms with Crippen LogP contribution in [0.3, 0.4) is 0 Å². The fourth-order valence-corrected chi connectivity index (χ4v) is 5.00. The predicted molar refractivity (Wildman–Crippen MR) is 156 cm³/mol.